The molecule has 0 saturated carbocycles. The number of hydrogen-bond acceptors (Lipinski definition) is 4. The Morgan fingerprint density at radius 1 is 1.44 bits per heavy atom. The Bertz CT molecular complexity index is 587. The molecule has 0 bridgehead atoms. The van der Waals surface area contributed by atoms with Crippen molar-refractivity contribution in [1.82, 2.24) is 19.9 Å². The normalized spacial score (nSPS) is 17.1. The van der Waals surface area contributed by atoms with Gasteiger partial charge in [0, 0.05) is 12.1 Å². The summed E-state index contributed by atoms with van der Waals surface area (Å²) in [6.07, 6.45) is 3.73. The molecular weight excluding hydrogens is 232 g/mol. The van der Waals surface area contributed by atoms with Gasteiger partial charge in [-0.1, -0.05) is 0 Å². The van der Waals surface area contributed by atoms with Crippen molar-refractivity contribution in [3.8, 4) is 0 Å². The maximum Gasteiger partial charge on any atom is 0.339 e. The summed E-state index contributed by atoms with van der Waals surface area (Å²) in [6.45, 7) is 1.93. The molecule has 2 N–H and O–H groups in total. The molecule has 1 aliphatic heterocycles. The summed E-state index contributed by atoms with van der Waals surface area (Å²) in [5.74, 6) is 0.114. The number of fused-ring (bicyclic) bond motifs is 1. The predicted molar refractivity (Wildman–Crippen MR) is 64.8 cm³/mol. The number of carboxylic acid groups (broad SMARTS) is 1. The van der Waals surface area contributed by atoms with Crippen molar-refractivity contribution in [3.63, 3.8) is 0 Å². The fraction of sp³-hybridized carbons (Fsp3) is 0.417. The number of piperidine rings is 1. The molecule has 0 spiro atoms. The van der Waals surface area contributed by atoms with Crippen LogP contribution in [0.1, 0.15) is 34.9 Å². The quantitative estimate of drug-likeness (QED) is 0.822. The molecule has 0 aliphatic carbocycles. The van der Waals surface area contributed by atoms with Gasteiger partial charge in [-0.05, 0) is 38.1 Å². The van der Waals surface area contributed by atoms with Crippen LogP contribution in [0.25, 0.3) is 5.65 Å². The zero-order chi connectivity index (χ0) is 12.5. The predicted octanol–water partition coefficient (Wildman–Crippen LogP) is 0.894. The fourth-order valence-corrected chi connectivity index (χ4v) is 2.34. The Morgan fingerprint density at radius 2 is 2.22 bits per heavy atom. The smallest absolute Gasteiger partial charge is 0.339 e. The van der Waals surface area contributed by atoms with Gasteiger partial charge in [-0.2, -0.15) is 5.10 Å². The maximum atomic E-state index is 11.1. The first kappa shape index (κ1) is 11.2. The van der Waals surface area contributed by atoms with E-state index in [9.17, 15) is 4.79 Å². The third kappa shape index (κ3) is 1.84. The van der Waals surface area contributed by atoms with E-state index in [0.717, 1.165) is 31.8 Å². The molecule has 6 nitrogen and oxygen atoms in total. The van der Waals surface area contributed by atoms with Crippen molar-refractivity contribution >= 4 is 11.6 Å². The first-order valence-electron chi connectivity index (χ1n) is 6.05. The van der Waals surface area contributed by atoms with Gasteiger partial charge in [0.2, 0.25) is 0 Å². The van der Waals surface area contributed by atoms with Crippen molar-refractivity contribution in [2.45, 2.75) is 18.8 Å². The molecule has 0 aromatic carbocycles. The minimum absolute atomic E-state index is 0.199. The summed E-state index contributed by atoms with van der Waals surface area (Å²) >= 11 is 0. The maximum absolute atomic E-state index is 11.1. The third-order valence-corrected chi connectivity index (χ3v) is 3.31. The van der Waals surface area contributed by atoms with Crippen LogP contribution in [-0.2, 0) is 0 Å². The van der Waals surface area contributed by atoms with Crippen molar-refractivity contribution in [2.24, 2.45) is 0 Å². The summed E-state index contributed by atoms with van der Waals surface area (Å²) in [5, 5.41) is 16.8. The van der Waals surface area contributed by atoms with Gasteiger partial charge in [0.25, 0.3) is 0 Å². The lowest BCUT2D eigenvalue weighted by atomic mass is 9.98. The van der Waals surface area contributed by atoms with Crippen LogP contribution in [0.4, 0.5) is 0 Å². The van der Waals surface area contributed by atoms with Gasteiger partial charge in [0.1, 0.15) is 5.56 Å². The Hall–Kier alpha value is -1.95. The standard InChI is InChI=1S/C12H14N4O2/c17-12(18)9-2-1-7-16-11(9)14-10(15-16)8-3-5-13-6-4-8/h1-2,7-8,13H,3-6H2,(H,17,18). The first-order valence-corrected chi connectivity index (χ1v) is 6.05. The number of nitrogens with zero attached hydrogens (tertiary/aromatic N) is 3. The number of carboxylic acids is 1. The van der Waals surface area contributed by atoms with Crippen LogP contribution < -0.4 is 5.32 Å². The number of hydrogen-bond donors (Lipinski definition) is 2. The van der Waals surface area contributed by atoms with Crippen LogP contribution in [0.15, 0.2) is 18.3 Å². The zero-order valence-electron chi connectivity index (χ0n) is 9.83. The molecule has 1 fully saturated rings. The largest absolute Gasteiger partial charge is 0.478 e. The highest BCUT2D eigenvalue weighted by molar-refractivity contribution is 5.94. The van der Waals surface area contributed by atoms with Crippen molar-refractivity contribution in [2.75, 3.05) is 13.1 Å². The number of aromatic nitrogens is 3. The van der Waals surface area contributed by atoms with Crippen LogP contribution in [0.3, 0.4) is 0 Å². The topological polar surface area (TPSA) is 79.5 Å². The summed E-state index contributed by atoms with van der Waals surface area (Å²) in [7, 11) is 0. The van der Waals surface area contributed by atoms with Gasteiger partial charge in [0.15, 0.2) is 11.5 Å². The lowest BCUT2D eigenvalue weighted by molar-refractivity contribution is 0.0698. The molecule has 3 rings (SSSR count). The molecule has 2 aromatic rings. The second kappa shape index (κ2) is 4.38. The minimum Gasteiger partial charge on any atom is -0.478 e. The van der Waals surface area contributed by atoms with E-state index < -0.39 is 5.97 Å². The van der Waals surface area contributed by atoms with Gasteiger partial charge in [-0.3, -0.25) is 0 Å². The Morgan fingerprint density at radius 3 is 2.94 bits per heavy atom. The van der Waals surface area contributed by atoms with Crippen LogP contribution in [-0.4, -0.2) is 38.8 Å². The van der Waals surface area contributed by atoms with Crippen molar-refractivity contribution in [3.05, 3.63) is 29.7 Å². The molecule has 0 atom stereocenters. The summed E-state index contributed by atoms with van der Waals surface area (Å²) in [6, 6.07) is 3.23. The van der Waals surface area contributed by atoms with E-state index in [0.29, 0.717) is 11.6 Å². The van der Waals surface area contributed by atoms with Crippen molar-refractivity contribution in [1.29, 1.82) is 0 Å². The van der Waals surface area contributed by atoms with E-state index in [1.54, 1.807) is 22.8 Å². The fourth-order valence-electron chi connectivity index (χ4n) is 2.34. The lowest BCUT2D eigenvalue weighted by Crippen LogP contribution is -2.27. The van der Waals surface area contributed by atoms with Crippen LogP contribution in [0.2, 0.25) is 0 Å². The molecule has 3 heterocycles. The molecule has 1 aliphatic rings. The third-order valence-electron chi connectivity index (χ3n) is 3.31. The molecule has 1 saturated heterocycles. The molecule has 6 heteroatoms. The second-order valence-electron chi connectivity index (χ2n) is 4.49. The van der Waals surface area contributed by atoms with Gasteiger partial charge in [-0.15, -0.1) is 0 Å². The highest BCUT2D eigenvalue weighted by Crippen LogP contribution is 2.23. The average Bonchev–Trinajstić information content (AvgIpc) is 2.83. The van der Waals surface area contributed by atoms with Gasteiger partial charge in [0.05, 0.1) is 0 Å². The summed E-state index contributed by atoms with van der Waals surface area (Å²) in [4.78, 5) is 15.5. The number of pyridine rings is 1. The van der Waals surface area contributed by atoms with Crippen LogP contribution in [0, 0.1) is 0 Å². The van der Waals surface area contributed by atoms with E-state index in [1.165, 1.54) is 0 Å². The molecule has 2 aromatic heterocycles. The Balaban J connectivity index is 2.04. The molecule has 18 heavy (non-hydrogen) atoms. The summed E-state index contributed by atoms with van der Waals surface area (Å²) in [5.41, 5.74) is 0.628. The second-order valence-corrected chi connectivity index (χ2v) is 4.49. The Kier molecular flexibility index (Phi) is 2.71. The molecule has 0 radical (unpaired) electrons. The number of rotatable bonds is 2. The van der Waals surface area contributed by atoms with E-state index in [2.05, 4.69) is 15.4 Å². The van der Waals surface area contributed by atoms with Crippen LogP contribution in [0.5, 0.6) is 0 Å². The number of carbonyl (C=O) groups is 1. The molecule has 0 unspecified atom stereocenters. The molecule has 0 amide bonds. The SMILES string of the molecule is O=C(O)c1cccn2nc(C3CCNCC3)nc12. The minimum atomic E-state index is -0.968. The zero-order valence-corrected chi connectivity index (χ0v) is 9.83. The molecular formula is C12H14N4O2. The highest BCUT2D eigenvalue weighted by atomic mass is 16.4. The average molecular weight is 246 g/mol. The summed E-state index contributed by atoms with van der Waals surface area (Å²) < 4.78 is 1.56. The lowest BCUT2D eigenvalue weighted by Gasteiger charge is -2.19. The first-order chi connectivity index (χ1) is 8.75. The van der Waals surface area contributed by atoms with Gasteiger partial charge in [-0.25, -0.2) is 14.3 Å². The van der Waals surface area contributed by atoms with Crippen molar-refractivity contribution < 1.29 is 9.90 Å². The van der Waals surface area contributed by atoms with E-state index in [4.69, 9.17) is 5.11 Å². The number of aromatic carboxylic acids is 1. The van der Waals surface area contributed by atoms with Gasteiger partial charge < -0.3 is 10.4 Å². The number of nitrogens with one attached hydrogen (secondary N) is 1. The van der Waals surface area contributed by atoms with E-state index in [-0.39, 0.29) is 5.56 Å². The molecule has 94 valence electrons. The van der Waals surface area contributed by atoms with Gasteiger partial charge >= 0.3 is 5.97 Å². The van der Waals surface area contributed by atoms with Crippen LogP contribution >= 0.6 is 0 Å². The Labute approximate surface area is 104 Å². The monoisotopic (exact) mass is 246 g/mol. The van der Waals surface area contributed by atoms with E-state index >= 15 is 0 Å². The van der Waals surface area contributed by atoms with E-state index in [1.807, 2.05) is 0 Å². The highest BCUT2D eigenvalue weighted by Gasteiger charge is 2.21.